The molecule has 0 spiro atoms. The lowest BCUT2D eigenvalue weighted by Crippen LogP contribution is -2.09. The van der Waals surface area contributed by atoms with E-state index in [2.05, 4.69) is 9.97 Å². The summed E-state index contributed by atoms with van der Waals surface area (Å²) in [4.78, 5) is 8.84. The molecule has 0 saturated heterocycles. The van der Waals surface area contributed by atoms with Crippen LogP contribution in [0.25, 0.3) is 0 Å². The molecule has 1 aromatic rings. The van der Waals surface area contributed by atoms with Crippen LogP contribution in [-0.4, -0.2) is 21.7 Å². The van der Waals surface area contributed by atoms with E-state index in [0.717, 1.165) is 31.5 Å². The van der Waals surface area contributed by atoms with E-state index in [1.165, 1.54) is 24.1 Å². The van der Waals surface area contributed by atoms with Gasteiger partial charge in [0.2, 0.25) is 0 Å². The molecule has 2 rings (SSSR count). The van der Waals surface area contributed by atoms with E-state index in [4.69, 9.17) is 5.11 Å². The minimum atomic E-state index is 0.223. The van der Waals surface area contributed by atoms with Crippen molar-refractivity contribution in [1.82, 2.24) is 9.97 Å². The zero-order valence-corrected chi connectivity index (χ0v) is 8.37. The highest BCUT2D eigenvalue weighted by atomic mass is 16.2. The van der Waals surface area contributed by atoms with Crippen molar-refractivity contribution in [2.45, 2.75) is 38.5 Å². The van der Waals surface area contributed by atoms with Crippen LogP contribution >= 0.6 is 0 Å². The van der Waals surface area contributed by atoms with Crippen LogP contribution in [0.1, 0.15) is 36.3 Å². The van der Waals surface area contributed by atoms with Crippen molar-refractivity contribution in [3.63, 3.8) is 0 Å². The Kier molecular flexibility index (Phi) is 3.09. The summed E-state index contributed by atoms with van der Waals surface area (Å²) >= 11 is 0. The van der Waals surface area contributed by atoms with Crippen LogP contribution in [0, 0.1) is 0 Å². The molecule has 3 nitrogen and oxygen atoms in total. The molecule has 3 heteroatoms. The molecule has 0 aliphatic heterocycles. The van der Waals surface area contributed by atoms with Crippen molar-refractivity contribution in [2.75, 3.05) is 6.61 Å². The third kappa shape index (κ3) is 2.10. The Morgan fingerprint density at radius 1 is 1.29 bits per heavy atom. The molecule has 0 aromatic carbocycles. The third-order valence-electron chi connectivity index (χ3n) is 2.67. The summed E-state index contributed by atoms with van der Waals surface area (Å²) in [7, 11) is 0. The Balaban J connectivity index is 2.12. The van der Waals surface area contributed by atoms with Gasteiger partial charge in [0.25, 0.3) is 0 Å². The number of nitrogens with zero attached hydrogens (tertiary/aromatic N) is 2. The van der Waals surface area contributed by atoms with Gasteiger partial charge in [-0.3, -0.25) is 0 Å². The van der Waals surface area contributed by atoms with Gasteiger partial charge < -0.3 is 5.11 Å². The van der Waals surface area contributed by atoms with Gasteiger partial charge in [0.05, 0.1) is 0 Å². The van der Waals surface area contributed by atoms with Gasteiger partial charge in [-0.2, -0.15) is 0 Å². The highest BCUT2D eigenvalue weighted by Crippen LogP contribution is 2.18. The maximum atomic E-state index is 8.71. The highest BCUT2D eigenvalue weighted by molar-refractivity contribution is 5.20. The first-order valence-corrected chi connectivity index (χ1v) is 5.34. The smallest absolute Gasteiger partial charge is 0.128 e. The Morgan fingerprint density at radius 2 is 2.14 bits per heavy atom. The van der Waals surface area contributed by atoms with E-state index in [-0.39, 0.29) is 6.61 Å². The summed E-state index contributed by atoms with van der Waals surface area (Å²) in [5, 5.41) is 8.71. The van der Waals surface area contributed by atoms with Gasteiger partial charge in [-0.1, -0.05) is 0 Å². The third-order valence-corrected chi connectivity index (χ3v) is 2.67. The first-order chi connectivity index (χ1) is 6.90. The van der Waals surface area contributed by atoms with Crippen LogP contribution in [0.4, 0.5) is 0 Å². The maximum absolute atomic E-state index is 8.71. The second kappa shape index (κ2) is 4.51. The first-order valence-electron chi connectivity index (χ1n) is 5.34. The highest BCUT2D eigenvalue weighted by Gasteiger charge is 2.11. The first kappa shape index (κ1) is 9.59. The monoisotopic (exact) mass is 192 g/mol. The fourth-order valence-corrected chi connectivity index (χ4v) is 1.87. The average molecular weight is 192 g/mol. The fourth-order valence-electron chi connectivity index (χ4n) is 1.87. The molecular formula is C11H16N2O. The van der Waals surface area contributed by atoms with Gasteiger partial charge in [0.1, 0.15) is 5.82 Å². The van der Waals surface area contributed by atoms with Gasteiger partial charge in [-0.15, -0.1) is 0 Å². The summed E-state index contributed by atoms with van der Waals surface area (Å²) in [5.74, 6) is 0.889. The van der Waals surface area contributed by atoms with E-state index < -0.39 is 0 Å². The standard InChI is InChI=1S/C11H16N2O/c14-7-3-6-11-12-8-9-4-1-2-5-10(9)13-11/h8,14H,1-7H2. The number of aliphatic hydroxyl groups is 1. The van der Waals surface area contributed by atoms with Crippen LogP contribution in [-0.2, 0) is 19.3 Å². The summed E-state index contributed by atoms with van der Waals surface area (Å²) < 4.78 is 0. The second-order valence-corrected chi connectivity index (χ2v) is 3.79. The molecule has 1 aromatic heterocycles. The number of fused-ring (bicyclic) bond motifs is 1. The summed E-state index contributed by atoms with van der Waals surface area (Å²) in [6.45, 7) is 0.223. The van der Waals surface area contributed by atoms with Gasteiger partial charge in [-0.05, 0) is 37.7 Å². The largest absolute Gasteiger partial charge is 0.396 e. The quantitative estimate of drug-likeness (QED) is 0.784. The summed E-state index contributed by atoms with van der Waals surface area (Å²) in [6.07, 6.45) is 8.28. The molecule has 0 fully saturated rings. The Bertz CT molecular complexity index is 312. The van der Waals surface area contributed by atoms with Crippen LogP contribution in [0.3, 0.4) is 0 Å². The van der Waals surface area contributed by atoms with Gasteiger partial charge in [-0.25, -0.2) is 9.97 Å². The van der Waals surface area contributed by atoms with Crippen LogP contribution in [0.5, 0.6) is 0 Å². The molecule has 0 amide bonds. The van der Waals surface area contributed by atoms with Crippen molar-refractivity contribution in [2.24, 2.45) is 0 Å². The Hall–Kier alpha value is -0.960. The van der Waals surface area contributed by atoms with E-state index in [1.54, 1.807) is 0 Å². The Morgan fingerprint density at radius 3 is 3.00 bits per heavy atom. The number of aryl methyl sites for hydroxylation is 3. The van der Waals surface area contributed by atoms with Gasteiger partial charge in [0.15, 0.2) is 0 Å². The lowest BCUT2D eigenvalue weighted by molar-refractivity contribution is 0.287. The van der Waals surface area contributed by atoms with Crippen molar-refractivity contribution >= 4 is 0 Å². The number of aromatic nitrogens is 2. The van der Waals surface area contributed by atoms with Gasteiger partial charge >= 0.3 is 0 Å². The summed E-state index contributed by atoms with van der Waals surface area (Å²) in [5.41, 5.74) is 2.56. The van der Waals surface area contributed by atoms with Crippen molar-refractivity contribution in [3.05, 3.63) is 23.3 Å². The van der Waals surface area contributed by atoms with Gasteiger partial charge in [0, 0.05) is 24.9 Å². The van der Waals surface area contributed by atoms with Crippen molar-refractivity contribution in [3.8, 4) is 0 Å². The molecule has 0 bridgehead atoms. The van der Waals surface area contributed by atoms with E-state index >= 15 is 0 Å². The second-order valence-electron chi connectivity index (χ2n) is 3.79. The summed E-state index contributed by atoms with van der Waals surface area (Å²) in [6, 6.07) is 0. The lowest BCUT2D eigenvalue weighted by atomic mass is 9.97. The molecule has 76 valence electrons. The minimum Gasteiger partial charge on any atom is -0.396 e. The van der Waals surface area contributed by atoms with Crippen LogP contribution in [0.15, 0.2) is 6.20 Å². The molecule has 1 heterocycles. The molecule has 14 heavy (non-hydrogen) atoms. The zero-order valence-electron chi connectivity index (χ0n) is 8.37. The molecule has 0 atom stereocenters. The zero-order chi connectivity index (χ0) is 9.80. The molecule has 0 radical (unpaired) electrons. The molecule has 0 saturated carbocycles. The Labute approximate surface area is 84.2 Å². The van der Waals surface area contributed by atoms with E-state index in [0.29, 0.717) is 0 Å². The molecular weight excluding hydrogens is 176 g/mol. The van der Waals surface area contributed by atoms with Crippen LogP contribution < -0.4 is 0 Å². The average Bonchev–Trinajstić information content (AvgIpc) is 2.26. The van der Waals surface area contributed by atoms with Crippen molar-refractivity contribution < 1.29 is 5.11 Å². The number of hydrogen-bond acceptors (Lipinski definition) is 3. The lowest BCUT2D eigenvalue weighted by Gasteiger charge is -2.14. The van der Waals surface area contributed by atoms with Crippen LogP contribution in [0.2, 0.25) is 0 Å². The van der Waals surface area contributed by atoms with Crippen molar-refractivity contribution in [1.29, 1.82) is 0 Å². The van der Waals surface area contributed by atoms with E-state index in [9.17, 15) is 0 Å². The number of rotatable bonds is 3. The number of hydrogen-bond donors (Lipinski definition) is 1. The normalized spacial score (nSPS) is 15.2. The molecule has 1 aliphatic rings. The molecule has 1 aliphatic carbocycles. The van der Waals surface area contributed by atoms with E-state index in [1.807, 2.05) is 6.20 Å². The predicted octanol–water partition coefficient (Wildman–Crippen LogP) is 1.28. The topological polar surface area (TPSA) is 46.0 Å². The number of aliphatic hydroxyl groups excluding tert-OH is 1. The predicted molar refractivity (Wildman–Crippen MR) is 54.1 cm³/mol. The molecule has 0 unspecified atom stereocenters. The minimum absolute atomic E-state index is 0.223. The SMILES string of the molecule is OCCCc1ncc2c(n1)CCCC2. The fraction of sp³-hybridized carbons (Fsp3) is 0.636. The molecule has 1 N–H and O–H groups in total. The maximum Gasteiger partial charge on any atom is 0.128 e.